The molecule has 0 amide bonds. The molecule has 142 valence electrons. The van der Waals surface area contributed by atoms with Crippen LogP contribution in [0.25, 0.3) is 0 Å². The smallest absolute Gasteiger partial charge is 0.269 e. The summed E-state index contributed by atoms with van der Waals surface area (Å²) in [5.41, 5.74) is 2.46. The van der Waals surface area contributed by atoms with Crippen LogP contribution in [0.15, 0.2) is 72.8 Å². The van der Waals surface area contributed by atoms with Crippen molar-refractivity contribution in [2.75, 3.05) is 4.90 Å². The van der Waals surface area contributed by atoms with Crippen molar-refractivity contribution in [2.24, 2.45) is 0 Å². The van der Waals surface area contributed by atoms with Crippen LogP contribution in [0.2, 0.25) is 0 Å². The Labute approximate surface area is 160 Å². The summed E-state index contributed by atoms with van der Waals surface area (Å²) >= 11 is 0. The van der Waals surface area contributed by atoms with E-state index in [2.05, 4.69) is 0 Å². The minimum Gasteiger partial charge on any atom is -0.363 e. The van der Waals surface area contributed by atoms with Crippen molar-refractivity contribution in [3.63, 3.8) is 0 Å². The highest BCUT2D eigenvalue weighted by atomic mass is 19.1. The maximum Gasteiger partial charge on any atom is 0.269 e. The second-order valence-corrected chi connectivity index (χ2v) is 6.18. The van der Waals surface area contributed by atoms with E-state index in [9.17, 15) is 24.6 Å². The van der Waals surface area contributed by atoms with Crippen LogP contribution in [0, 0.1) is 26.0 Å². The van der Waals surface area contributed by atoms with E-state index in [-0.39, 0.29) is 17.2 Å². The Morgan fingerprint density at radius 2 is 1.07 bits per heavy atom. The van der Waals surface area contributed by atoms with Gasteiger partial charge in [0.2, 0.25) is 0 Å². The average Bonchev–Trinajstić information content (AvgIpc) is 2.69. The van der Waals surface area contributed by atoms with E-state index in [0.29, 0.717) is 13.1 Å². The first-order chi connectivity index (χ1) is 13.4. The van der Waals surface area contributed by atoms with Gasteiger partial charge in [0.15, 0.2) is 0 Å². The summed E-state index contributed by atoms with van der Waals surface area (Å²) in [6.45, 7) is 0.862. The Balaban J connectivity index is 1.85. The van der Waals surface area contributed by atoms with E-state index in [0.717, 1.165) is 16.8 Å². The normalized spacial score (nSPS) is 10.5. The number of hydrogen-bond acceptors (Lipinski definition) is 5. The van der Waals surface area contributed by atoms with Gasteiger partial charge in [0.25, 0.3) is 11.4 Å². The number of nitrogens with zero attached hydrogens (tertiary/aromatic N) is 3. The second kappa shape index (κ2) is 8.26. The maximum absolute atomic E-state index is 13.3. The molecule has 28 heavy (non-hydrogen) atoms. The molecule has 0 aliphatic carbocycles. The number of nitro groups is 2. The number of benzene rings is 3. The number of nitro benzene ring substituents is 2. The second-order valence-electron chi connectivity index (χ2n) is 6.18. The molecular weight excluding hydrogens is 365 g/mol. The molecule has 0 N–H and O–H groups in total. The third-order valence-corrected chi connectivity index (χ3v) is 4.23. The molecule has 3 aromatic rings. The third-order valence-electron chi connectivity index (χ3n) is 4.23. The molecule has 0 saturated heterocycles. The van der Waals surface area contributed by atoms with E-state index in [1.165, 1.54) is 36.4 Å². The van der Waals surface area contributed by atoms with Gasteiger partial charge in [-0.2, -0.15) is 0 Å². The summed E-state index contributed by atoms with van der Waals surface area (Å²) in [6, 6.07) is 18.4. The lowest BCUT2D eigenvalue weighted by Crippen LogP contribution is -2.22. The highest BCUT2D eigenvalue weighted by Crippen LogP contribution is 2.23. The molecule has 0 aromatic heterocycles. The number of halogens is 1. The van der Waals surface area contributed by atoms with Gasteiger partial charge < -0.3 is 4.90 Å². The van der Waals surface area contributed by atoms with Gasteiger partial charge in [0.05, 0.1) is 9.85 Å². The highest BCUT2D eigenvalue weighted by Gasteiger charge is 2.12. The lowest BCUT2D eigenvalue weighted by atomic mass is 10.1. The summed E-state index contributed by atoms with van der Waals surface area (Å²) in [6.07, 6.45) is 0. The van der Waals surface area contributed by atoms with Crippen LogP contribution in [-0.2, 0) is 13.1 Å². The van der Waals surface area contributed by atoms with Gasteiger partial charge in [-0.1, -0.05) is 24.3 Å². The van der Waals surface area contributed by atoms with Gasteiger partial charge >= 0.3 is 0 Å². The van der Waals surface area contributed by atoms with E-state index in [1.807, 2.05) is 4.90 Å². The first kappa shape index (κ1) is 19.0. The van der Waals surface area contributed by atoms with Gasteiger partial charge in [0, 0.05) is 43.0 Å². The molecule has 7 nitrogen and oxygen atoms in total. The van der Waals surface area contributed by atoms with Crippen LogP contribution in [0.5, 0.6) is 0 Å². The number of anilines is 1. The van der Waals surface area contributed by atoms with Crippen molar-refractivity contribution in [1.82, 2.24) is 0 Å². The van der Waals surface area contributed by atoms with E-state index >= 15 is 0 Å². The summed E-state index contributed by atoms with van der Waals surface area (Å²) in [7, 11) is 0. The van der Waals surface area contributed by atoms with Crippen molar-refractivity contribution >= 4 is 17.1 Å². The van der Waals surface area contributed by atoms with Gasteiger partial charge in [-0.15, -0.1) is 0 Å². The van der Waals surface area contributed by atoms with Crippen LogP contribution >= 0.6 is 0 Å². The van der Waals surface area contributed by atoms with Gasteiger partial charge in [-0.25, -0.2) is 4.39 Å². The monoisotopic (exact) mass is 381 g/mol. The van der Waals surface area contributed by atoms with Crippen LogP contribution in [0.3, 0.4) is 0 Å². The summed E-state index contributed by atoms with van der Waals surface area (Å²) < 4.78 is 13.3. The summed E-state index contributed by atoms with van der Waals surface area (Å²) in [5.74, 6) is -0.352. The number of non-ortho nitro benzene ring substituents is 2. The SMILES string of the molecule is O=[N+]([O-])c1ccc(CN(Cc2ccc([N+](=O)[O-])cc2)c2ccc(F)cc2)cc1. The lowest BCUT2D eigenvalue weighted by Gasteiger charge is -2.25. The topological polar surface area (TPSA) is 89.5 Å². The van der Waals surface area contributed by atoms with E-state index in [1.54, 1.807) is 36.4 Å². The average molecular weight is 381 g/mol. The summed E-state index contributed by atoms with van der Waals surface area (Å²) in [5, 5.41) is 21.6. The molecule has 0 aliphatic heterocycles. The van der Waals surface area contributed by atoms with E-state index in [4.69, 9.17) is 0 Å². The molecule has 0 aliphatic rings. The Morgan fingerprint density at radius 3 is 1.43 bits per heavy atom. The van der Waals surface area contributed by atoms with Crippen molar-refractivity contribution < 1.29 is 14.2 Å². The van der Waals surface area contributed by atoms with Crippen LogP contribution < -0.4 is 4.90 Å². The Hall–Kier alpha value is -3.81. The highest BCUT2D eigenvalue weighted by molar-refractivity contribution is 5.48. The Kier molecular flexibility index (Phi) is 5.59. The molecule has 0 radical (unpaired) electrons. The van der Waals surface area contributed by atoms with Crippen molar-refractivity contribution in [3.8, 4) is 0 Å². The van der Waals surface area contributed by atoms with Crippen molar-refractivity contribution in [3.05, 3.63) is 110 Å². The molecule has 0 fully saturated rings. The molecule has 0 saturated carbocycles. The van der Waals surface area contributed by atoms with Crippen LogP contribution in [0.1, 0.15) is 11.1 Å². The first-order valence-corrected chi connectivity index (χ1v) is 8.39. The molecule has 3 rings (SSSR count). The van der Waals surface area contributed by atoms with Crippen molar-refractivity contribution in [1.29, 1.82) is 0 Å². The lowest BCUT2D eigenvalue weighted by molar-refractivity contribution is -0.385. The van der Waals surface area contributed by atoms with Gasteiger partial charge in [0.1, 0.15) is 5.82 Å². The number of hydrogen-bond donors (Lipinski definition) is 0. The van der Waals surface area contributed by atoms with Crippen LogP contribution in [0.4, 0.5) is 21.5 Å². The third kappa shape index (κ3) is 4.67. The zero-order valence-electron chi connectivity index (χ0n) is 14.7. The van der Waals surface area contributed by atoms with Gasteiger partial charge in [-0.05, 0) is 35.4 Å². The quantitative estimate of drug-likeness (QED) is 0.431. The predicted molar refractivity (Wildman–Crippen MR) is 102 cm³/mol. The van der Waals surface area contributed by atoms with E-state index < -0.39 is 9.85 Å². The standard InChI is InChI=1S/C20H16FN3O4/c21-17-5-11-18(12-6-17)22(13-15-1-7-19(8-2-15)23(25)26)14-16-3-9-20(10-4-16)24(27)28/h1-12H,13-14H2. The Morgan fingerprint density at radius 1 is 0.679 bits per heavy atom. The fraction of sp³-hybridized carbons (Fsp3) is 0.100. The Bertz CT molecular complexity index is 914. The predicted octanol–water partition coefficient (Wildman–Crippen LogP) is 4.85. The van der Waals surface area contributed by atoms with Crippen LogP contribution in [-0.4, -0.2) is 9.85 Å². The van der Waals surface area contributed by atoms with Crippen molar-refractivity contribution in [2.45, 2.75) is 13.1 Å². The molecule has 8 heteroatoms. The molecule has 0 bridgehead atoms. The molecule has 3 aromatic carbocycles. The summed E-state index contributed by atoms with van der Waals surface area (Å²) in [4.78, 5) is 22.7. The largest absolute Gasteiger partial charge is 0.363 e. The fourth-order valence-corrected chi connectivity index (χ4v) is 2.78. The fourth-order valence-electron chi connectivity index (χ4n) is 2.78. The number of rotatable bonds is 7. The minimum atomic E-state index is -0.460. The minimum absolute atomic E-state index is 0.00690. The first-order valence-electron chi connectivity index (χ1n) is 8.39. The van der Waals surface area contributed by atoms with Gasteiger partial charge in [-0.3, -0.25) is 20.2 Å². The molecular formula is C20H16FN3O4. The molecule has 0 heterocycles. The molecule has 0 atom stereocenters. The molecule has 0 unspecified atom stereocenters. The molecule has 0 spiro atoms. The zero-order valence-corrected chi connectivity index (χ0v) is 14.7. The zero-order chi connectivity index (χ0) is 20.1. The maximum atomic E-state index is 13.3.